The van der Waals surface area contributed by atoms with Crippen LogP contribution in [0.15, 0.2) is 54.7 Å². The molecule has 0 amide bonds. The van der Waals surface area contributed by atoms with E-state index in [1.165, 1.54) is 0 Å². The summed E-state index contributed by atoms with van der Waals surface area (Å²) in [6.07, 6.45) is 2.55. The molecule has 26 heavy (non-hydrogen) atoms. The van der Waals surface area contributed by atoms with Crippen LogP contribution in [-0.4, -0.2) is 16.6 Å². The largest absolute Gasteiger partial charge is 0.399 e. The van der Waals surface area contributed by atoms with Crippen LogP contribution < -0.4 is 22.3 Å². The number of anilines is 4. The van der Waals surface area contributed by atoms with Crippen molar-refractivity contribution in [3.05, 3.63) is 60.3 Å². The summed E-state index contributed by atoms with van der Waals surface area (Å²) in [5, 5.41) is 1.75. The summed E-state index contributed by atoms with van der Waals surface area (Å²) >= 11 is 0. The van der Waals surface area contributed by atoms with Crippen molar-refractivity contribution in [3.8, 4) is 11.3 Å². The third kappa shape index (κ3) is 2.89. The zero-order valence-corrected chi connectivity index (χ0v) is 14.2. The Hall–Kier alpha value is -3.32. The predicted octanol–water partition coefficient (Wildman–Crippen LogP) is 2.77. The zero-order chi connectivity index (χ0) is 18.1. The highest BCUT2D eigenvalue weighted by Gasteiger charge is 2.30. The van der Waals surface area contributed by atoms with Crippen LogP contribution in [0.3, 0.4) is 0 Å². The fourth-order valence-corrected chi connectivity index (χ4v) is 3.16. The first-order valence-corrected chi connectivity index (χ1v) is 8.38. The van der Waals surface area contributed by atoms with Gasteiger partial charge in [-0.05, 0) is 23.8 Å². The van der Waals surface area contributed by atoms with E-state index in [4.69, 9.17) is 22.0 Å². The highest BCUT2D eigenvalue weighted by Crippen LogP contribution is 2.35. The van der Waals surface area contributed by atoms with Gasteiger partial charge in [0, 0.05) is 23.9 Å². The van der Waals surface area contributed by atoms with Gasteiger partial charge in [0.05, 0.1) is 29.7 Å². The molecule has 2 heterocycles. The van der Waals surface area contributed by atoms with Crippen LogP contribution in [-0.2, 0) is 4.84 Å². The topological polar surface area (TPSA) is 116 Å². The third-order valence-electron chi connectivity index (χ3n) is 4.44. The smallest absolute Gasteiger partial charge is 0.250 e. The zero-order valence-electron chi connectivity index (χ0n) is 14.2. The number of rotatable bonds is 3. The molecule has 1 atom stereocenters. The minimum Gasteiger partial charge on any atom is -0.399 e. The van der Waals surface area contributed by atoms with Crippen molar-refractivity contribution in [1.29, 1.82) is 0 Å². The third-order valence-corrected chi connectivity index (χ3v) is 4.44. The molecule has 0 saturated carbocycles. The molecule has 2 aromatic carbocycles. The van der Waals surface area contributed by atoms with Gasteiger partial charge >= 0.3 is 0 Å². The molecule has 1 unspecified atom stereocenters. The lowest BCUT2D eigenvalue weighted by atomic mass is 10.0. The molecule has 0 aliphatic carbocycles. The van der Waals surface area contributed by atoms with Crippen LogP contribution in [0.4, 0.5) is 23.0 Å². The standard InChI is InChI=1S/C19H20N6O/c20-13-10-14(18(22)15(21)11-13)16-6-8-23-19(24-16)25-17(7-9-26-25)12-4-2-1-3-5-12/h1-6,8,10-11,17H,7,9,20-22H2. The SMILES string of the molecule is Nc1cc(N)c(N)c(-c2ccnc(N3OCCC3c3ccccc3)n2)c1. The maximum absolute atomic E-state index is 6.12. The minimum atomic E-state index is 0.0645. The Bertz CT molecular complexity index is 931. The Morgan fingerprint density at radius 3 is 2.65 bits per heavy atom. The summed E-state index contributed by atoms with van der Waals surface area (Å²) in [7, 11) is 0. The molecular weight excluding hydrogens is 328 g/mol. The number of hydroxylamine groups is 1. The van der Waals surface area contributed by atoms with Crippen molar-refractivity contribution < 1.29 is 4.84 Å². The average molecular weight is 348 g/mol. The second kappa shape index (κ2) is 6.53. The molecule has 0 bridgehead atoms. The first kappa shape index (κ1) is 16.2. The van der Waals surface area contributed by atoms with E-state index in [0.717, 1.165) is 12.0 Å². The number of hydrogen-bond acceptors (Lipinski definition) is 7. The Labute approximate surface area is 151 Å². The van der Waals surface area contributed by atoms with Gasteiger partial charge in [-0.3, -0.25) is 4.84 Å². The molecule has 0 spiro atoms. The normalized spacial score (nSPS) is 16.8. The maximum Gasteiger partial charge on any atom is 0.250 e. The Morgan fingerprint density at radius 1 is 1.04 bits per heavy atom. The fourth-order valence-electron chi connectivity index (χ4n) is 3.16. The highest BCUT2D eigenvalue weighted by atomic mass is 16.7. The average Bonchev–Trinajstić information content (AvgIpc) is 3.15. The molecule has 6 N–H and O–H groups in total. The molecule has 7 heteroatoms. The molecule has 3 aromatic rings. The van der Waals surface area contributed by atoms with E-state index in [-0.39, 0.29) is 6.04 Å². The van der Waals surface area contributed by atoms with Gasteiger partial charge in [-0.2, -0.15) is 0 Å². The lowest BCUT2D eigenvalue weighted by molar-refractivity contribution is 0.154. The van der Waals surface area contributed by atoms with Gasteiger partial charge < -0.3 is 17.2 Å². The highest BCUT2D eigenvalue weighted by molar-refractivity contribution is 5.86. The van der Waals surface area contributed by atoms with Crippen molar-refractivity contribution >= 4 is 23.0 Å². The van der Waals surface area contributed by atoms with Crippen molar-refractivity contribution in [3.63, 3.8) is 0 Å². The summed E-state index contributed by atoms with van der Waals surface area (Å²) in [4.78, 5) is 14.8. The van der Waals surface area contributed by atoms with E-state index < -0.39 is 0 Å². The Balaban J connectivity index is 1.72. The van der Waals surface area contributed by atoms with Gasteiger partial charge in [0.25, 0.3) is 5.95 Å². The van der Waals surface area contributed by atoms with E-state index >= 15 is 0 Å². The number of nitrogens with zero attached hydrogens (tertiary/aromatic N) is 3. The quantitative estimate of drug-likeness (QED) is 0.623. The van der Waals surface area contributed by atoms with E-state index in [1.807, 2.05) is 18.2 Å². The summed E-state index contributed by atoms with van der Waals surface area (Å²) in [5.41, 5.74) is 21.9. The second-order valence-corrected chi connectivity index (χ2v) is 6.19. The molecule has 132 valence electrons. The van der Waals surface area contributed by atoms with Gasteiger partial charge in [-0.15, -0.1) is 0 Å². The van der Waals surface area contributed by atoms with Gasteiger partial charge in [0.15, 0.2) is 0 Å². The molecule has 7 nitrogen and oxygen atoms in total. The summed E-state index contributed by atoms with van der Waals surface area (Å²) in [5.74, 6) is 0.481. The first-order chi connectivity index (χ1) is 12.6. The van der Waals surface area contributed by atoms with Crippen LogP contribution in [0.25, 0.3) is 11.3 Å². The molecule has 4 rings (SSSR count). The van der Waals surface area contributed by atoms with Gasteiger partial charge in [0.2, 0.25) is 0 Å². The van der Waals surface area contributed by atoms with Gasteiger partial charge in [-0.1, -0.05) is 30.3 Å². The second-order valence-electron chi connectivity index (χ2n) is 6.19. The van der Waals surface area contributed by atoms with Crippen LogP contribution in [0.1, 0.15) is 18.0 Å². The van der Waals surface area contributed by atoms with E-state index in [0.29, 0.717) is 40.9 Å². The van der Waals surface area contributed by atoms with Gasteiger partial charge in [-0.25, -0.2) is 15.0 Å². The number of nitrogen functional groups attached to an aromatic ring is 3. The van der Waals surface area contributed by atoms with Crippen molar-refractivity contribution in [2.75, 3.05) is 28.9 Å². The molecule has 1 aromatic heterocycles. The van der Waals surface area contributed by atoms with Crippen molar-refractivity contribution in [2.24, 2.45) is 0 Å². The van der Waals surface area contributed by atoms with Crippen LogP contribution in [0.5, 0.6) is 0 Å². The number of aromatic nitrogens is 2. The minimum absolute atomic E-state index is 0.0645. The Morgan fingerprint density at radius 2 is 1.85 bits per heavy atom. The number of hydrogen-bond donors (Lipinski definition) is 3. The van der Waals surface area contributed by atoms with Crippen LogP contribution >= 0.6 is 0 Å². The number of nitrogens with two attached hydrogens (primary N) is 3. The maximum atomic E-state index is 6.12. The molecule has 0 radical (unpaired) electrons. The first-order valence-electron chi connectivity index (χ1n) is 8.38. The summed E-state index contributed by atoms with van der Waals surface area (Å²) in [6, 6.07) is 15.4. The van der Waals surface area contributed by atoms with Crippen LogP contribution in [0.2, 0.25) is 0 Å². The lowest BCUT2D eigenvalue weighted by Crippen LogP contribution is -2.23. The van der Waals surface area contributed by atoms with E-state index in [2.05, 4.69) is 22.1 Å². The predicted molar refractivity (Wildman–Crippen MR) is 103 cm³/mol. The summed E-state index contributed by atoms with van der Waals surface area (Å²) in [6.45, 7) is 0.612. The Kier molecular flexibility index (Phi) is 4.06. The summed E-state index contributed by atoms with van der Waals surface area (Å²) < 4.78 is 0. The molecule has 1 saturated heterocycles. The molecule has 1 fully saturated rings. The molecule has 1 aliphatic heterocycles. The lowest BCUT2D eigenvalue weighted by Gasteiger charge is -2.23. The van der Waals surface area contributed by atoms with Gasteiger partial charge in [0.1, 0.15) is 0 Å². The van der Waals surface area contributed by atoms with E-state index in [1.54, 1.807) is 29.5 Å². The molecular formula is C19H20N6O. The number of benzene rings is 2. The fraction of sp³-hybridized carbons (Fsp3) is 0.158. The van der Waals surface area contributed by atoms with Crippen molar-refractivity contribution in [2.45, 2.75) is 12.5 Å². The monoisotopic (exact) mass is 348 g/mol. The van der Waals surface area contributed by atoms with E-state index in [9.17, 15) is 0 Å². The van der Waals surface area contributed by atoms with Crippen LogP contribution in [0, 0.1) is 0 Å². The molecule has 1 aliphatic rings. The van der Waals surface area contributed by atoms with Crippen molar-refractivity contribution in [1.82, 2.24) is 9.97 Å².